The van der Waals surface area contributed by atoms with Gasteiger partial charge in [0.25, 0.3) is 0 Å². The molecule has 0 aliphatic heterocycles. The summed E-state index contributed by atoms with van der Waals surface area (Å²) in [6.07, 6.45) is 8.51. The zero-order valence-electron chi connectivity index (χ0n) is 11.2. The average Bonchev–Trinajstić information content (AvgIpc) is 3.16. The molecule has 17 heavy (non-hydrogen) atoms. The van der Waals surface area contributed by atoms with Crippen LogP contribution in [0.4, 0.5) is 0 Å². The van der Waals surface area contributed by atoms with E-state index in [9.17, 15) is 0 Å². The minimum Gasteiger partial charge on any atom is -0.375 e. The van der Waals surface area contributed by atoms with Crippen LogP contribution >= 0.6 is 0 Å². The fourth-order valence-electron chi connectivity index (χ4n) is 2.06. The molecule has 0 aromatic rings. The van der Waals surface area contributed by atoms with Crippen LogP contribution in [0.3, 0.4) is 0 Å². The van der Waals surface area contributed by atoms with Gasteiger partial charge in [-0.1, -0.05) is 32.6 Å². The van der Waals surface area contributed by atoms with Gasteiger partial charge >= 0.3 is 0 Å². The van der Waals surface area contributed by atoms with Gasteiger partial charge < -0.3 is 10.5 Å². The first-order valence-electron chi connectivity index (χ1n) is 6.94. The molecular weight excluding hydrogens is 212 g/mol. The smallest absolute Gasteiger partial charge is 0.130 e. The van der Waals surface area contributed by atoms with E-state index < -0.39 is 5.54 Å². The third-order valence-electron chi connectivity index (χ3n) is 3.58. The Labute approximate surface area is 105 Å². The number of nitrogens with zero attached hydrogens (tertiary/aromatic N) is 1. The van der Waals surface area contributed by atoms with E-state index >= 15 is 0 Å². The number of hydrogen-bond acceptors (Lipinski definition) is 3. The summed E-state index contributed by atoms with van der Waals surface area (Å²) in [5.74, 6) is 0.361. The van der Waals surface area contributed by atoms with Crippen LogP contribution in [0.15, 0.2) is 0 Å². The topological polar surface area (TPSA) is 59.0 Å². The molecular formula is C14H26N2O. The molecule has 98 valence electrons. The zero-order chi connectivity index (χ0) is 12.7. The number of hydrogen-bond donors (Lipinski definition) is 1. The quantitative estimate of drug-likeness (QED) is 0.628. The minimum atomic E-state index is -0.738. The molecule has 3 nitrogen and oxygen atoms in total. The van der Waals surface area contributed by atoms with Gasteiger partial charge in [-0.05, 0) is 32.1 Å². The van der Waals surface area contributed by atoms with Crippen LogP contribution < -0.4 is 5.73 Å². The van der Waals surface area contributed by atoms with Crippen molar-refractivity contribution in [3.05, 3.63) is 0 Å². The summed E-state index contributed by atoms with van der Waals surface area (Å²) in [7, 11) is 0. The first-order valence-corrected chi connectivity index (χ1v) is 6.94. The molecule has 1 fully saturated rings. The molecule has 1 rings (SSSR count). The molecule has 1 aliphatic carbocycles. The molecule has 2 N–H and O–H groups in total. The lowest BCUT2D eigenvalue weighted by atomic mass is 9.98. The van der Waals surface area contributed by atoms with Crippen LogP contribution in [0.1, 0.15) is 58.8 Å². The monoisotopic (exact) mass is 238 g/mol. The summed E-state index contributed by atoms with van der Waals surface area (Å²) in [5.41, 5.74) is 5.30. The molecule has 0 amide bonds. The van der Waals surface area contributed by atoms with Crippen molar-refractivity contribution in [2.24, 2.45) is 11.7 Å². The second-order valence-corrected chi connectivity index (χ2v) is 5.40. The van der Waals surface area contributed by atoms with E-state index in [0.717, 1.165) is 19.3 Å². The van der Waals surface area contributed by atoms with Crippen LogP contribution in [0.2, 0.25) is 0 Å². The molecule has 0 radical (unpaired) electrons. The van der Waals surface area contributed by atoms with E-state index in [4.69, 9.17) is 15.7 Å². The van der Waals surface area contributed by atoms with E-state index in [2.05, 4.69) is 19.9 Å². The Balaban J connectivity index is 2.14. The van der Waals surface area contributed by atoms with Crippen molar-refractivity contribution in [1.29, 1.82) is 5.26 Å². The predicted octanol–water partition coefficient (Wildman–Crippen LogP) is 2.99. The first-order chi connectivity index (χ1) is 8.12. The maximum Gasteiger partial charge on any atom is 0.130 e. The van der Waals surface area contributed by atoms with E-state index in [1.54, 1.807) is 0 Å². The standard InChI is InChI=1S/C14H26N2O/c1-3-4-5-6-7-12(2)17-11-14(16,10-15)13-8-9-13/h12-13H,3-9,11,16H2,1-2H3. The van der Waals surface area contributed by atoms with Crippen molar-refractivity contribution in [1.82, 2.24) is 0 Å². The van der Waals surface area contributed by atoms with Crippen LogP contribution in [-0.4, -0.2) is 18.2 Å². The Morgan fingerprint density at radius 2 is 2.12 bits per heavy atom. The maximum atomic E-state index is 9.10. The Kier molecular flexibility index (Phi) is 5.94. The highest BCUT2D eigenvalue weighted by molar-refractivity contribution is 5.13. The lowest BCUT2D eigenvalue weighted by molar-refractivity contribution is 0.0318. The molecule has 2 unspecified atom stereocenters. The number of rotatable bonds is 9. The van der Waals surface area contributed by atoms with Gasteiger partial charge in [0.1, 0.15) is 5.54 Å². The van der Waals surface area contributed by atoms with Gasteiger partial charge in [0.15, 0.2) is 0 Å². The van der Waals surface area contributed by atoms with Gasteiger partial charge in [-0.15, -0.1) is 0 Å². The van der Waals surface area contributed by atoms with E-state index in [1.807, 2.05) is 0 Å². The van der Waals surface area contributed by atoms with Gasteiger partial charge in [-0.2, -0.15) is 5.26 Å². The van der Waals surface area contributed by atoms with Gasteiger partial charge in [0, 0.05) is 0 Å². The molecule has 1 saturated carbocycles. The lowest BCUT2D eigenvalue weighted by Gasteiger charge is -2.23. The summed E-state index contributed by atoms with van der Waals surface area (Å²) in [5, 5.41) is 9.10. The normalized spacial score (nSPS) is 20.6. The van der Waals surface area contributed by atoms with Crippen LogP contribution in [0.5, 0.6) is 0 Å². The molecule has 1 aliphatic rings. The summed E-state index contributed by atoms with van der Waals surface area (Å²) in [6, 6.07) is 2.22. The molecule has 0 aromatic carbocycles. The van der Waals surface area contributed by atoms with E-state index in [-0.39, 0.29) is 6.10 Å². The third-order valence-corrected chi connectivity index (χ3v) is 3.58. The Bertz CT molecular complexity index is 257. The van der Waals surface area contributed by atoms with Gasteiger partial charge in [0.05, 0.1) is 18.8 Å². The van der Waals surface area contributed by atoms with Crippen molar-refractivity contribution in [2.45, 2.75) is 70.4 Å². The predicted molar refractivity (Wildman–Crippen MR) is 69.4 cm³/mol. The van der Waals surface area contributed by atoms with Crippen LogP contribution in [0, 0.1) is 17.2 Å². The fraction of sp³-hybridized carbons (Fsp3) is 0.929. The molecule has 0 bridgehead atoms. The summed E-state index contributed by atoms with van der Waals surface area (Å²) in [4.78, 5) is 0. The highest BCUT2D eigenvalue weighted by Crippen LogP contribution is 2.38. The molecule has 3 heteroatoms. The molecule has 0 spiro atoms. The van der Waals surface area contributed by atoms with Crippen LogP contribution in [-0.2, 0) is 4.74 Å². The Morgan fingerprint density at radius 3 is 2.65 bits per heavy atom. The SMILES string of the molecule is CCCCCCC(C)OCC(N)(C#N)C1CC1. The summed E-state index contributed by atoms with van der Waals surface area (Å²) < 4.78 is 5.73. The van der Waals surface area contributed by atoms with Gasteiger partial charge in [0.2, 0.25) is 0 Å². The largest absolute Gasteiger partial charge is 0.375 e. The van der Waals surface area contributed by atoms with Crippen molar-refractivity contribution in [3.8, 4) is 6.07 Å². The lowest BCUT2D eigenvalue weighted by Crippen LogP contribution is -2.46. The molecule has 0 heterocycles. The highest BCUT2D eigenvalue weighted by Gasteiger charge is 2.43. The average molecular weight is 238 g/mol. The highest BCUT2D eigenvalue weighted by atomic mass is 16.5. The third kappa shape index (κ3) is 5.06. The second-order valence-electron chi connectivity index (χ2n) is 5.40. The van der Waals surface area contributed by atoms with Crippen LogP contribution in [0.25, 0.3) is 0 Å². The zero-order valence-corrected chi connectivity index (χ0v) is 11.2. The van der Waals surface area contributed by atoms with Crippen molar-refractivity contribution >= 4 is 0 Å². The Morgan fingerprint density at radius 1 is 1.41 bits per heavy atom. The van der Waals surface area contributed by atoms with Gasteiger partial charge in [-0.25, -0.2) is 0 Å². The Hall–Kier alpha value is -0.590. The van der Waals surface area contributed by atoms with E-state index in [1.165, 1.54) is 25.7 Å². The number of nitrogens with two attached hydrogens (primary N) is 1. The molecule has 0 aromatic heterocycles. The molecule has 0 saturated heterocycles. The van der Waals surface area contributed by atoms with Crippen molar-refractivity contribution < 1.29 is 4.74 Å². The first kappa shape index (κ1) is 14.5. The number of ether oxygens (including phenoxy) is 1. The maximum absolute atomic E-state index is 9.10. The summed E-state index contributed by atoms with van der Waals surface area (Å²) >= 11 is 0. The van der Waals surface area contributed by atoms with E-state index in [0.29, 0.717) is 12.5 Å². The minimum absolute atomic E-state index is 0.224. The number of nitriles is 1. The summed E-state index contributed by atoms with van der Waals surface area (Å²) in [6.45, 7) is 4.69. The number of unbranched alkanes of at least 4 members (excludes halogenated alkanes) is 3. The van der Waals surface area contributed by atoms with Crippen molar-refractivity contribution in [2.75, 3.05) is 6.61 Å². The second kappa shape index (κ2) is 6.98. The van der Waals surface area contributed by atoms with Crippen molar-refractivity contribution in [3.63, 3.8) is 0 Å². The molecule has 2 atom stereocenters. The fourth-order valence-corrected chi connectivity index (χ4v) is 2.06. The van der Waals surface area contributed by atoms with Gasteiger partial charge in [-0.3, -0.25) is 0 Å².